The summed E-state index contributed by atoms with van der Waals surface area (Å²) in [6.07, 6.45) is 5.95. The Labute approximate surface area is 236 Å². The molecule has 0 bridgehead atoms. The smallest absolute Gasteiger partial charge is 0.744 e. The molecule has 1 aromatic carbocycles. The third-order valence-electron chi connectivity index (χ3n) is 8.65. The first-order valence-corrected chi connectivity index (χ1v) is 13.3. The van der Waals surface area contributed by atoms with Gasteiger partial charge in [0.05, 0.1) is 4.90 Å². The Hall–Kier alpha value is 0.236. The van der Waals surface area contributed by atoms with Crippen molar-refractivity contribution in [3.05, 3.63) is 29.3 Å². The number of rotatable bonds is 4. The summed E-state index contributed by atoms with van der Waals surface area (Å²) in [6.45, 7) is 10.8. The van der Waals surface area contributed by atoms with Gasteiger partial charge in [-0.1, -0.05) is 13.0 Å². The third-order valence-corrected chi connectivity index (χ3v) is 9.48. The molecule has 1 amide bonds. The SMILES string of the molecule is CC(C)N(C(=O)[C@H]1CC[C@H]2[C@@H]3CCc4cc(S(=O)(=O)[O-])ccc4[C@H]3CC[C@]12C)C(C)C.[K+]. The van der Waals surface area contributed by atoms with Gasteiger partial charge in [0.1, 0.15) is 10.1 Å². The summed E-state index contributed by atoms with van der Waals surface area (Å²) < 4.78 is 34.4. The van der Waals surface area contributed by atoms with Crippen molar-refractivity contribution >= 4 is 16.0 Å². The number of carbonyl (C=O) groups is 1. The normalized spacial score (nSPS) is 31.5. The Kier molecular flexibility index (Phi) is 8.14. The van der Waals surface area contributed by atoms with Gasteiger partial charge in [-0.25, -0.2) is 8.42 Å². The van der Waals surface area contributed by atoms with E-state index in [9.17, 15) is 17.8 Å². The fraction of sp³-hybridized carbons (Fsp3) is 0.720. The molecule has 7 heteroatoms. The van der Waals surface area contributed by atoms with Gasteiger partial charge >= 0.3 is 51.4 Å². The van der Waals surface area contributed by atoms with Crippen LogP contribution < -0.4 is 51.4 Å². The van der Waals surface area contributed by atoms with E-state index in [-0.39, 0.29) is 79.7 Å². The van der Waals surface area contributed by atoms with Crippen LogP contribution in [0.5, 0.6) is 0 Å². The van der Waals surface area contributed by atoms with Crippen LogP contribution in [0.3, 0.4) is 0 Å². The van der Waals surface area contributed by atoms with Crippen LogP contribution in [-0.4, -0.2) is 35.9 Å². The van der Waals surface area contributed by atoms with E-state index >= 15 is 0 Å². The number of hydrogen-bond acceptors (Lipinski definition) is 4. The number of amides is 1. The zero-order valence-corrected chi connectivity index (χ0v) is 24.4. The van der Waals surface area contributed by atoms with Crippen LogP contribution in [0.25, 0.3) is 0 Å². The molecule has 0 saturated heterocycles. The first kappa shape index (κ1) is 26.8. The summed E-state index contributed by atoms with van der Waals surface area (Å²) >= 11 is 0. The molecule has 1 aromatic rings. The molecule has 0 spiro atoms. The predicted molar refractivity (Wildman–Crippen MR) is 120 cm³/mol. The average Bonchev–Trinajstić information content (AvgIpc) is 3.03. The van der Waals surface area contributed by atoms with Gasteiger partial charge in [0.25, 0.3) is 0 Å². The molecule has 0 aromatic heterocycles. The van der Waals surface area contributed by atoms with Crippen molar-refractivity contribution in [2.24, 2.45) is 23.2 Å². The monoisotopic (exact) mass is 485 g/mol. The van der Waals surface area contributed by atoms with Crippen molar-refractivity contribution < 1.29 is 69.1 Å². The van der Waals surface area contributed by atoms with Crippen LogP contribution in [0.15, 0.2) is 23.1 Å². The molecule has 172 valence electrons. The van der Waals surface area contributed by atoms with Gasteiger partial charge < -0.3 is 9.45 Å². The second-order valence-corrected chi connectivity index (χ2v) is 12.2. The van der Waals surface area contributed by atoms with Gasteiger partial charge in [-0.05, 0) is 113 Å². The van der Waals surface area contributed by atoms with E-state index < -0.39 is 10.1 Å². The van der Waals surface area contributed by atoms with Crippen LogP contribution in [-0.2, 0) is 21.3 Å². The summed E-state index contributed by atoms with van der Waals surface area (Å²) in [5.74, 6) is 1.89. The third kappa shape index (κ3) is 4.57. The van der Waals surface area contributed by atoms with Gasteiger partial charge in [0.15, 0.2) is 0 Å². The maximum Gasteiger partial charge on any atom is 1.00 e. The van der Waals surface area contributed by atoms with E-state index in [0.29, 0.717) is 23.7 Å². The summed E-state index contributed by atoms with van der Waals surface area (Å²) in [5, 5.41) is 0. The molecule has 0 unspecified atom stereocenters. The molecule has 32 heavy (non-hydrogen) atoms. The van der Waals surface area contributed by atoms with Crippen molar-refractivity contribution in [2.75, 3.05) is 0 Å². The van der Waals surface area contributed by atoms with Crippen LogP contribution in [0.2, 0.25) is 0 Å². The van der Waals surface area contributed by atoms with E-state index in [2.05, 4.69) is 39.5 Å². The quantitative estimate of drug-likeness (QED) is 0.481. The van der Waals surface area contributed by atoms with Crippen molar-refractivity contribution in [1.29, 1.82) is 0 Å². The molecule has 5 nitrogen and oxygen atoms in total. The van der Waals surface area contributed by atoms with Crippen molar-refractivity contribution in [3.63, 3.8) is 0 Å². The fourth-order valence-corrected chi connectivity index (χ4v) is 7.93. The first-order chi connectivity index (χ1) is 14.4. The fourth-order valence-electron chi connectivity index (χ4n) is 7.41. The number of hydrogen-bond donors (Lipinski definition) is 0. The average molecular weight is 486 g/mol. The molecule has 5 atom stereocenters. The van der Waals surface area contributed by atoms with Crippen LogP contribution in [0.4, 0.5) is 0 Å². The Bertz CT molecular complexity index is 968. The number of fused-ring (bicyclic) bond motifs is 5. The summed E-state index contributed by atoms with van der Waals surface area (Å²) in [5.41, 5.74) is 2.29. The Morgan fingerprint density at radius 1 is 1.09 bits per heavy atom. The first-order valence-electron chi connectivity index (χ1n) is 11.9. The second-order valence-electron chi connectivity index (χ2n) is 10.8. The zero-order valence-electron chi connectivity index (χ0n) is 20.4. The molecular weight excluding hydrogens is 449 g/mol. The molecular formula is C25H36KNO4S. The van der Waals surface area contributed by atoms with E-state index in [0.717, 1.165) is 44.1 Å². The van der Waals surface area contributed by atoms with Crippen LogP contribution in [0.1, 0.15) is 83.8 Å². The topological polar surface area (TPSA) is 77.5 Å². The molecule has 0 radical (unpaired) electrons. The molecule has 2 fully saturated rings. The summed E-state index contributed by atoms with van der Waals surface area (Å²) in [4.78, 5) is 15.6. The van der Waals surface area contributed by atoms with Crippen molar-refractivity contribution in [3.8, 4) is 0 Å². The van der Waals surface area contributed by atoms with E-state index in [1.165, 1.54) is 11.6 Å². The van der Waals surface area contributed by atoms with E-state index in [1.54, 1.807) is 6.07 Å². The van der Waals surface area contributed by atoms with Gasteiger partial charge in [-0.3, -0.25) is 4.79 Å². The van der Waals surface area contributed by atoms with Crippen molar-refractivity contribution in [2.45, 2.75) is 96.0 Å². The summed E-state index contributed by atoms with van der Waals surface area (Å²) in [6, 6.07) is 5.39. The maximum atomic E-state index is 13.6. The maximum absolute atomic E-state index is 13.6. The Balaban J connectivity index is 0.00000289. The largest absolute Gasteiger partial charge is 1.00 e. The number of aryl methyl sites for hydroxylation is 1. The van der Waals surface area contributed by atoms with Crippen molar-refractivity contribution in [1.82, 2.24) is 4.90 Å². The molecule has 0 heterocycles. The summed E-state index contributed by atoms with van der Waals surface area (Å²) in [7, 11) is -4.42. The molecule has 4 rings (SSSR count). The molecule has 3 aliphatic carbocycles. The number of nitrogens with zero attached hydrogens (tertiary/aromatic N) is 1. The zero-order chi connectivity index (χ0) is 22.7. The number of benzene rings is 1. The molecule has 0 N–H and O–H groups in total. The molecule has 0 aliphatic heterocycles. The minimum atomic E-state index is -4.42. The van der Waals surface area contributed by atoms with Gasteiger partial charge in [-0.15, -0.1) is 0 Å². The Morgan fingerprint density at radius 2 is 1.75 bits per heavy atom. The van der Waals surface area contributed by atoms with E-state index in [1.807, 2.05) is 6.07 Å². The van der Waals surface area contributed by atoms with Gasteiger partial charge in [0, 0.05) is 18.0 Å². The number of carbonyl (C=O) groups excluding carboxylic acids is 1. The second kappa shape index (κ2) is 9.71. The minimum Gasteiger partial charge on any atom is -0.744 e. The van der Waals surface area contributed by atoms with Crippen LogP contribution in [0, 0.1) is 23.2 Å². The Morgan fingerprint density at radius 3 is 2.34 bits per heavy atom. The standard InChI is InChI=1S/C25H37NO4S.K/c1-15(2)26(16(3)4)24(27)23-11-10-22-21-8-6-17-14-18(31(28,29)30)7-9-19(17)20(21)12-13-25(22,23)5;/h7,9,14-16,20-23H,6,8,10-13H2,1-5H3,(H,28,29,30);/q;+1/p-1/t20-,21-,22+,23-,25+;/m1./s1. The van der Waals surface area contributed by atoms with Crippen LogP contribution >= 0.6 is 0 Å². The molecule has 2 saturated carbocycles. The predicted octanol–water partition coefficient (Wildman–Crippen LogP) is 1.71. The van der Waals surface area contributed by atoms with Gasteiger partial charge in [0.2, 0.25) is 5.91 Å². The van der Waals surface area contributed by atoms with E-state index in [4.69, 9.17) is 0 Å². The molecule has 3 aliphatic rings. The minimum absolute atomic E-state index is 0. The van der Waals surface area contributed by atoms with Gasteiger partial charge in [-0.2, -0.15) is 0 Å².